The van der Waals surface area contributed by atoms with E-state index in [4.69, 9.17) is 5.73 Å². The number of carbonyl (C=O) groups is 1. The van der Waals surface area contributed by atoms with Gasteiger partial charge in [-0.2, -0.15) is 0 Å². The lowest BCUT2D eigenvalue weighted by molar-refractivity contribution is 0.0999. The summed E-state index contributed by atoms with van der Waals surface area (Å²) in [5, 5.41) is 0. The number of aromatic nitrogens is 1. The molecule has 2 rings (SSSR count). The van der Waals surface area contributed by atoms with Crippen molar-refractivity contribution in [3.8, 4) is 11.3 Å². The molecule has 0 bridgehead atoms. The van der Waals surface area contributed by atoms with Crippen molar-refractivity contribution in [1.29, 1.82) is 0 Å². The summed E-state index contributed by atoms with van der Waals surface area (Å²) in [6, 6.07) is 10.7. The zero-order valence-electron chi connectivity index (χ0n) is 14.6. The number of primary amides is 1. The molecule has 0 unspecified atom stereocenters. The Morgan fingerprint density at radius 2 is 1.78 bits per heavy atom. The monoisotopic (exact) mass is 312 g/mol. The Kier molecular flexibility index (Phi) is 6.03. The molecule has 3 heteroatoms. The van der Waals surface area contributed by atoms with Crippen molar-refractivity contribution in [1.82, 2.24) is 4.57 Å². The minimum Gasteiger partial charge on any atom is -0.366 e. The minimum atomic E-state index is -0.352. The Bertz CT molecular complexity index is 653. The summed E-state index contributed by atoms with van der Waals surface area (Å²) in [4.78, 5) is 11.6. The van der Waals surface area contributed by atoms with Gasteiger partial charge in [0, 0.05) is 17.9 Å². The maximum absolute atomic E-state index is 11.6. The van der Waals surface area contributed by atoms with Crippen molar-refractivity contribution in [2.75, 3.05) is 0 Å². The van der Waals surface area contributed by atoms with Crippen LogP contribution in [0.4, 0.5) is 0 Å². The third-order valence-electron chi connectivity index (χ3n) is 4.40. The Morgan fingerprint density at radius 3 is 2.35 bits per heavy atom. The number of amides is 1. The fourth-order valence-corrected chi connectivity index (χ4v) is 3.07. The molecule has 0 saturated carbocycles. The van der Waals surface area contributed by atoms with E-state index in [2.05, 4.69) is 42.7 Å². The quantitative estimate of drug-likeness (QED) is 0.705. The first-order valence-corrected chi connectivity index (χ1v) is 8.67. The van der Waals surface area contributed by atoms with E-state index in [0.717, 1.165) is 36.3 Å². The fourth-order valence-electron chi connectivity index (χ4n) is 3.07. The molecule has 1 aromatic heterocycles. The molecule has 0 radical (unpaired) electrons. The zero-order valence-corrected chi connectivity index (χ0v) is 14.6. The van der Waals surface area contributed by atoms with E-state index in [1.54, 1.807) is 0 Å². The van der Waals surface area contributed by atoms with Gasteiger partial charge in [0.15, 0.2) is 0 Å². The first-order chi connectivity index (χ1) is 11.1. The van der Waals surface area contributed by atoms with Gasteiger partial charge in [-0.1, -0.05) is 51.0 Å². The van der Waals surface area contributed by atoms with Gasteiger partial charge >= 0.3 is 0 Å². The molecule has 0 aliphatic rings. The summed E-state index contributed by atoms with van der Waals surface area (Å²) >= 11 is 0. The van der Waals surface area contributed by atoms with Gasteiger partial charge in [-0.25, -0.2) is 0 Å². The van der Waals surface area contributed by atoms with Gasteiger partial charge in [0.2, 0.25) is 0 Å². The zero-order chi connectivity index (χ0) is 16.8. The van der Waals surface area contributed by atoms with Crippen molar-refractivity contribution in [2.45, 2.75) is 59.4 Å². The second kappa shape index (κ2) is 8.00. The van der Waals surface area contributed by atoms with E-state index in [-0.39, 0.29) is 5.91 Å². The maximum Gasteiger partial charge on any atom is 0.250 e. The standard InChI is InChI=1S/C20H28N2O/c1-4-6-7-8-16-9-11-17(12-10-16)19-14-18(20(21)23)15(3)22(19)13-5-2/h9-12,14H,4-8,13H2,1-3H3,(H2,21,23). The number of nitrogens with two attached hydrogens (primary N) is 1. The molecule has 124 valence electrons. The number of hydrogen-bond donors (Lipinski definition) is 1. The van der Waals surface area contributed by atoms with Crippen LogP contribution in [0.25, 0.3) is 11.3 Å². The number of aryl methyl sites for hydroxylation is 1. The highest BCUT2D eigenvalue weighted by molar-refractivity contribution is 5.95. The predicted octanol–water partition coefficient (Wildman–Crippen LogP) is 4.71. The molecule has 0 saturated heterocycles. The number of rotatable bonds is 8. The normalized spacial score (nSPS) is 10.9. The van der Waals surface area contributed by atoms with Crippen LogP contribution in [0, 0.1) is 6.92 Å². The number of nitrogens with zero attached hydrogens (tertiary/aromatic N) is 1. The number of unbranched alkanes of at least 4 members (excludes halogenated alkanes) is 2. The van der Waals surface area contributed by atoms with Gasteiger partial charge in [0.1, 0.15) is 0 Å². The largest absolute Gasteiger partial charge is 0.366 e. The molecule has 0 atom stereocenters. The first kappa shape index (κ1) is 17.3. The van der Waals surface area contributed by atoms with Crippen molar-refractivity contribution in [3.05, 3.63) is 47.2 Å². The summed E-state index contributed by atoms with van der Waals surface area (Å²) in [5.41, 5.74) is 10.7. The SMILES string of the molecule is CCCCCc1ccc(-c2cc(C(N)=O)c(C)n2CCC)cc1. The van der Waals surface area contributed by atoms with Gasteiger partial charge in [0.25, 0.3) is 5.91 Å². The van der Waals surface area contributed by atoms with E-state index in [1.807, 2.05) is 13.0 Å². The Labute approximate surface area is 139 Å². The number of benzene rings is 1. The number of hydrogen-bond acceptors (Lipinski definition) is 1. The van der Waals surface area contributed by atoms with Crippen LogP contribution in [0.2, 0.25) is 0 Å². The molecule has 1 aromatic carbocycles. The van der Waals surface area contributed by atoms with Crippen LogP contribution in [0.1, 0.15) is 61.1 Å². The van der Waals surface area contributed by atoms with Crippen LogP contribution in [-0.2, 0) is 13.0 Å². The van der Waals surface area contributed by atoms with E-state index >= 15 is 0 Å². The van der Waals surface area contributed by atoms with Crippen LogP contribution in [0.5, 0.6) is 0 Å². The molecular formula is C20H28N2O. The van der Waals surface area contributed by atoms with Crippen molar-refractivity contribution in [3.63, 3.8) is 0 Å². The highest BCUT2D eigenvalue weighted by Gasteiger charge is 2.16. The summed E-state index contributed by atoms with van der Waals surface area (Å²) < 4.78 is 2.20. The van der Waals surface area contributed by atoms with Crippen LogP contribution < -0.4 is 5.73 Å². The molecule has 0 spiro atoms. The Morgan fingerprint density at radius 1 is 1.09 bits per heavy atom. The molecule has 0 aliphatic heterocycles. The minimum absolute atomic E-state index is 0.352. The molecule has 0 fully saturated rings. The third-order valence-corrected chi connectivity index (χ3v) is 4.40. The smallest absolute Gasteiger partial charge is 0.250 e. The topological polar surface area (TPSA) is 48.0 Å². The molecule has 2 aromatic rings. The maximum atomic E-state index is 11.6. The van der Waals surface area contributed by atoms with Gasteiger partial charge in [-0.15, -0.1) is 0 Å². The van der Waals surface area contributed by atoms with Crippen molar-refractivity contribution in [2.24, 2.45) is 5.73 Å². The summed E-state index contributed by atoms with van der Waals surface area (Å²) in [5.74, 6) is -0.352. The van der Waals surface area contributed by atoms with Gasteiger partial charge in [-0.05, 0) is 43.4 Å². The molecule has 3 nitrogen and oxygen atoms in total. The summed E-state index contributed by atoms with van der Waals surface area (Å²) in [6.45, 7) is 7.23. The third kappa shape index (κ3) is 4.04. The molecule has 1 amide bonds. The van der Waals surface area contributed by atoms with Gasteiger partial charge in [-0.3, -0.25) is 4.79 Å². The lowest BCUT2D eigenvalue weighted by Crippen LogP contribution is -2.12. The van der Waals surface area contributed by atoms with Crippen LogP contribution >= 0.6 is 0 Å². The van der Waals surface area contributed by atoms with Gasteiger partial charge < -0.3 is 10.3 Å². The first-order valence-electron chi connectivity index (χ1n) is 8.67. The van der Waals surface area contributed by atoms with E-state index < -0.39 is 0 Å². The van der Waals surface area contributed by atoms with Crippen LogP contribution in [0.15, 0.2) is 30.3 Å². The van der Waals surface area contributed by atoms with E-state index in [0.29, 0.717) is 5.56 Å². The highest BCUT2D eigenvalue weighted by atomic mass is 16.1. The summed E-state index contributed by atoms with van der Waals surface area (Å²) in [6.07, 6.45) is 5.93. The lowest BCUT2D eigenvalue weighted by atomic mass is 10.0. The Balaban J connectivity index is 2.30. The molecule has 0 aliphatic carbocycles. The van der Waals surface area contributed by atoms with Crippen LogP contribution in [0.3, 0.4) is 0 Å². The lowest BCUT2D eigenvalue weighted by Gasteiger charge is -2.11. The number of carbonyl (C=O) groups excluding carboxylic acids is 1. The molecule has 23 heavy (non-hydrogen) atoms. The van der Waals surface area contributed by atoms with E-state index in [1.165, 1.54) is 24.8 Å². The van der Waals surface area contributed by atoms with Crippen LogP contribution in [-0.4, -0.2) is 10.5 Å². The average Bonchev–Trinajstić information content (AvgIpc) is 2.86. The van der Waals surface area contributed by atoms with Crippen molar-refractivity contribution < 1.29 is 4.79 Å². The average molecular weight is 312 g/mol. The second-order valence-corrected chi connectivity index (χ2v) is 6.20. The highest BCUT2D eigenvalue weighted by Crippen LogP contribution is 2.27. The van der Waals surface area contributed by atoms with Gasteiger partial charge in [0.05, 0.1) is 5.56 Å². The molecular weight excluding hydrogens is 284 g/mol. The molecule has 1 heterocycles. The summed E-state index contributed by atoms with van der Waals surface area (Å²) in [7, 11) is 0. The molecule has 2 N–H and O–H groups in total. The second-order valence-electron chi connectivity index (χ2n) is 6.20. The Hall–Kier alpha value is -2.03. The van der Waals surface area contributed by atoms with E-state index in [9.17, 15) is 4.79 Å². The predicted molar refractivity (Wildman–Crippen MR) is 96.6 cm³/mol. The fraction of sp³-hybridized carbons (Fsp3) is 0.450. The van der Waals surface area contributed by atoms with Crippen molar-refractivity contribution >= 4 is 5.91 Å².